The molecular formula is C15H30N2O3. The first-order valence-corrected chi connectivity index (χ1v) is 7.77. The van der Waals surface area contributed by atoms with Gasteiger partial charge in [-0.25, -0.2) is 0 Å². The zero-order chi connectivity index (χ0) is 15.0. The molecule has 1 aliphatic carbocycles. The van der Waals surface area contributed by atoms with Crippen LogP contribution in [0.4, 0.5) is 0 Å². The van der Waals surface area contributed by atoms with Crippen LogP contribution in [0.5, 0.6) is 0 Å². The maximum atomic E-state index is 11.5. The predicted octanol–water partition coefficient (Wildman–Crippen LogP) is 1.01. The SMILES string of the molecule is CCN(C)C(=O)CNCC(O)COC1CCC(C)CC1. The van der Waals surface area contributed by atoms with E-state index in [4.69, 9.17) is 4.74 Å². The lowest BCUT2D eigenvalue weighted by atomic mass is 9.89. The van der Waals surface area contributed by atoms with Crippen LogP contribution in [0.3, 0.4) is 0 Å². The number of nitrogens with one attached hydrogen (secondary N) is 1. The smallest absolute Gasteiger partial charge is 0.236 e. The van der Waals surface area contributed by atoms with Crippen molar-refractivity contribution in [3.05, 3.63) is 0 Å². The first kappa shape index (κ1) is 17.4. The van der Waals surface area contributed by atoms with Crippen LogP contribution < -0.4 is 5.32 Å². The number of rotatable bonds is 8. The van der Waals surface area contributed by atoms with E-state index < -0.39 is 6.10 Å². The number of carbonyl (C=O) groups excluding carboxylic acids is 1. The highest BCUT2D eigenvalue weighted by Crippen LogP contribution is 2.25. The Hall–Kier alpha value is -0.650. The molecule has 1 atom stereocenters. The van der Waals surface area contributed by atoms with Crippen molar-refractivity contribution in [2.75, 3.05) is 33.3 Å². The highest BCUT2D eigenvalue weighted by Gasteiger charge is 2.19. The molecule has 0 radical (unpaired) electrons. The second kappa shape index (κ2) is 9.32. The van der Waals surface area contributed by atoms with Crippen LogP contribution in [0.2, 0.25) is 0 Å². The third-order valence-electron chi connectivity index (χ3n) is 4.04. The monoisotopic (exact) mass is 286 g/mol. The van der Waals surface area contributed by atoms with Crippen molar-refractivity contribution in [1.82, 2.24) is 10.2 Å². The van der Waals surface area contributed by atoms with Crippen molar-refractivity contribution in [2.24, 2.45) is 5.92 Å². The number of nitrogens with zero attached hydrogens (tertiary/aromatic N) is 1. The molecule has 20 heavy (non-hydrogen) atoms. The van der Waals surface area contributed by atoms with Crippen molar-refractivity contribution >= 4 is 5.91 Å². The normalized spacial score (nSPS) is 24.4. The fourth-order valence-corrected chi connectivity index (χ4v) is 2.36. The Kier molecular flexibility index (Phi) is 8.11. The highest BCUT2D eigenvalue weighted by molar-refractivity contribution is 5.77. The van der Waals surface area contributed by atoms with E-state index in [1.54, 1.807) is 11.9 Å². The van der Waals surface area contributed by atoms with Gasteiger partial charge in [-0.2, -0.15) is 0 Å². The van der Waals surface area contributed by atoms with Gasteiger partial charge in [0.25, 0.3) is 0 Å². The van der Waals surface area contributed by atoms with Gasteiger partial charge >= 0.3 is 0 Å². The zero-order valence-corrected chi connectivity index (χ0v) is 13.1. The van der Waals surface area contributed by atoms with E-state index in [-0.39, 0.29) is 12.5 Å². The molecule has 0 aliphatic heterocycles. The maximum Gasteiger partial charge on any atom is 0.236 e. The second-order valence-electron chi connectivity index (χ2n) is 5.91. The van der Waals surface area contributed by atoms with Crippen molar-refractivity contribution in [3.8, 4) is 0 Å². The molecule has 118 valence electrons. The number of likely N-dealkylation sites (N-methyl/N-ethyl adjacent to an activating group) is 1. The van der Waals surface area contributed by atoms with E-state index in [0.717, 1.165) is 18.8 Å². The van der Waals surface area contributed by atoms with Crippen LogP contribution in [0, 0.1) is 5.92 Å². The molecule has 1 fully saturated rings. The molecule has 1 rings (SSSR count). The first-order chi connectivity index (χ1) is 9.52. The molecule has 1 aliphatic rings. The summed E-state index contributed by atoms with van der Waals surface area (Å²) in [4.78, 5) is 13.2. The van der Waals surface area contributed by atoms with Crippen LogP contribution in [0.25, 0.3) is 0 Å². The van der Waals surface area contributed by atoms with Crippen LogP contribution in [-0.4, -0.2) is 61.4 Å². The minimum atomic E-state index is -0.547. The Morgan fingerprint density at radius 1 is 1.40 bits per heavy atom. The Bertz CT molecular complexity index is 278. The molecule has 0 aromatic carbocycles. The minimum absolute atomic E-state index is 0.0434. The summed E-state index contributed by atoms with van der Waals surface area (Å²) in [5.74, 6) is 0.852. The van der Waals surface area contributed by atoms with Crippen molar-refractivity contribution in [2.45, 2.75) is 51.7 Å². The van der Waals surface area contributed by atoms with E-state index >= 15 is 0 Å². The van der Waals surface area contributed by atoms with Crippen LogP contribution >= 0.6 is 0 Å². The van der Waals surface area contributed by atoms with Gasteiger partial charge in [-0.3, -0.25) is 4.79 Å². The van der Waals surface area contributed by atoms with Gasteiger partial charge < -0.3 is 20.1 Å². The van der Waals surface area contributed by atoms with Crippen molar-refractivity contribution in [1.29, 1.82) is 0 Å². The maximum absolute atomic E-state index is 11.5. The standard InChI is InChI=1S/C15H30N2O3/c1-4-17(3)15(19)10-16-9-13(18)11-20-14-7-5-12(2)6-8-14/h12-14,16,18H,4-11H2,1-3H3. The van der Waals surface area contributed by atoms with E-state index in [2.05, 4.69) is 12.2 Å². The van der Waals surface area contributed by atoms with Gasteiger partial charge in [0, 0.05) is 20.1 Å². The number of aliphatic hydroxyl groups excluding tert-OH is 1. The third-order valence-corrected chi connectivity index (χ3v) is 4.04. The quantitative estimate of drug-likeness (QED) is 0.699. The lowest BCUT2D eigenvalue weighted by Crippen LogP contribution is -2.39. The summed E-state index contributed by atoms with van der Waals surface area (Å²) in [6, 6.07) is 0. The van der Waals surface area contributed by atoms with Gasteiger partial charge in [-0.05, 0) is 38.5 Å². The lowest BCUT2D eigenvalue weighted by molar-refractivity contribution is -0.128. The fourth-order valence-electron chi connectivity index (χ4n) is 2.36. The summed E-state index contributed by atoms with van der Waals surface area (Å²) in [6.07, 6.45) is 4.39. The molecule has 0 heterocycles. The zero-order valence-electron chi connectivity index (χ0n) is 13.1. The Morgan fingerprint density at radius 2 is 2.05 bits per heavy atom. The second-order valence-corrected chi connectivity index (χ2v) is 5.91. The molecule has 1 saturated carbocycles. The summed E-state index contributed by atoms with van der Waals surface area (Å²) >= 11 is 0. The first-order valence-electron chi connectivity index (χ1n) is 7.77. The molecule has 5 heteroatoms. The number of amides is 1. The number of hydrogen-bond acceptors (Lipinski definition) is 4. The molecule has 0 spiro atoms. The summed E-state index contributed by atoms with van der Waals surface area (Å²) in [6.45, 7) is 5.93. The van der Waals surface area contributed by atoms with Gasteiger partial charge in [-0.1, -0.05) is 6.92 Å². The van der Waals surface area contributed by atoms with Crippen molar-refractivity contribution < 1.29 is 14.6 Å². The molecule has 0 aromatic rings. The summed E-state index contributed by atoms with van der Waals surface area (Å²) < 4.78 is 5.73. The fraction of sp³-hybridized carbons (Fsp3) is 0.933. The summed E-state index contributed by atoms with van der Waals surface area (Å²) in [5.41, 5.74) is 0. The molecule has 1 unspecified atom stereocenters. The Balaban J connectivity index is 2.05. The minimum Gasteiger partial charge on any atom is -0.389 e. The van der Waals surface area contributed by atoms with E-state index in [0.29, 0.717) is 25.8 Å². The number of ether oxygens (including phenoxy) is 1. The summed E-state index contributed by atoms with van der Waals surface area (Å²) in [7, 11) is 1.77. The van der Waals surface area contributed by atoms with E-state index in [9.17, 15) is 9.90 Å². The molecule has 0 aromatic heterocycles. The number of hydrogen-bond donors (Lipinski definition) is 2. The molecule has 0 bridgehead atoms. The predicted molar refractivity (Wildman–Crippen MR) is 79.6 cm³/mol. The van der Waals surface area contributed by atoms with Gasteiger partial charge in [0.2, 0.25) is 5.91 Å². The van der Waals surface area contributed by atoms with E-state index in [1.807, 2.05) is 6.92 Å². The van der Waals surface area contributed by atoms with Crippen LogP contribution in [0.1, 0.15) is 39.5 Å². The van der Waals surface area contributed by atoms with Gasteiger partial charge in [-0.15, -0.1) is 0 Å². The average molecular weight is 286 g/mol. The number of carbonyl (C=O) groups is 1. The average Bonchev–Trinajstić information content (AvgIpc) is 2.45. The lowest BCUT2D eigenvalue weighted by Gasteiger charge is -2.27. The Labute approximate surface area is 122 Å². The van der Waals surface area contributed by atoms with Gasteiger partial charge in [0.1, 0.15) is 0 Å². The summed E-state index contributed by atoms with van der Waals surface area (Å²) in [5, 5.41) is 12.8. The molecule has 5 nitrogen and oxygen atoms in total. The molecule has 0 saturated heterocycles. The van der Waals surface area contributed by atoms with Crippen LogP contribution in [-0.2, 0) is 9.53 Å². The molecule has 2 N–H and O–H groups in total. The highest BCUT2D eigenvalue weighted by atomic mass is 16.5. The topological polar surface area (TPSA) is 61.8 Å². The van der Waals surface area contributed by atoms with Gasteiger partial charge in [0.05, 0.1) is 25.4 Å². The third kappa shape index (κ3) is 6.68. The van der Waals surface area contributed by atoms with Crippen LogP contribution in [0.15, 0.2) is 0 Å². The number of aliphatic hydroxyl groups is 1. The van der Waals surface area contributed by atoms with Gasteiger partial charge in [0.15, 0.2) is 0 Å². The Morgan fingerprint density at radius 3 is 2.65 bits per heavy atom. The van der Waals surface area contributed by atoms with E-state index in [1.165, 1.54) is 12.8 Å². The molecular weight excluding hydrogens is 256 g/mol. The van der Waals surface area contributed by atoms with Crippen molar-refractivity contribution in [3.63, 3.8) is 0 Å². The largest absolute Gasteiger partial charge is 0.389 e. The molecule has 1 amide bonds.